The van der Waals surface area contributed by atoms with E-state index in [0.717, 1.165) is 0 Å². The number of hydrogen-bond donors (Lipinski definition) is 3. The highest BCUT2D eigenvalue weighted by molar-refractivity contribution is 5.94. The van der Waals surface area contributed by atoms with Gasteiger partial charge in [0.05, 0.1) is 16.9 Å². The number of carbonyl (C=O) groups is 2. The lowest BCUT2D eigenvalue weighted by molar-refractivity contribution is -0.126. The largest absolute Gasteiger partial charge is 0.478 e. The molecule has 19 heavy (non-hydrogen) atoms. The second-order valence-electron chi connectivity index (χ2n) is 5.05. The first-order valence-electron chi connectivity index (χ1n) is 6.03. The number of nitrogen functional groups attached to an aromatic ring is 1. The lowest BCUT2D eigenvalue weighted by atomic mass is 9.97. The maximum Gasteiger partial charge on any atom is 0.335 e. The molecule has 1 heterocycles. The van der Waals surface area contributed by atoms with Crippen LogP contribution in [0.3, 0.4) is 0 Å². The molecular formula is C13H17N3O3. The number of aromatic carboxylic acids is 1. The summed E-state index contributed by atoms with van der Waals surface area (Å²) in [5.41, 5.74) is 6.37. The van der Waals surface area contributed by atoms with Gasteiger partial charge in [0.25, 0.3) is 0 Å². The number of amides is 1. The Morgan fingerprint density at radius 1 is 1.47 bits per heavy atom. The summed E-state index contributed by atoms with van der Waals surface area (Å²) >= 11 is 0. The zero-order valence-electron chi connectivity index (χ0n) is 10.9. The first-order valence-corrected chi connectivity index (χ1v) is 6.03. The van der Waals surface area contributed by atoms with Crippen LogP contribution in [0.15, 0.2) is 18.2 Å². The third kappa shape index (κ3) is 2.21. The van der Waals surface area contributed by atoms with Gasteiger partial charge in [0, 0.05) is 13.1 Å². The Hall–Kier alpha value is -2.24. The maximum atomic E-state index is 11.9. The molecule has 1 aliphatic heterocycles. The molecule has 6 heteroatoms. The van der Waals surface area contributed by atoms with Crippen molar-refractivity contribution in [2.24, 2.45) is 0 Å². The van der Waals surface area contributed by atoms with E-state index in [1.807, 2.05) is 4.90 Å². The van der Waals surface area contributed by atoms with Crippen molar-refractivity contribution >= 4 is 23.3 Å². The van der Waals surface area contributed by atoms with Gasteiger partial charge >= 0.3 is 5.97 Å². The van der Waals surface area contributed by atoms with Crippen LogP contribution < -0.4 is 16.0 Å². The van der Waals surface area contributed by atoms with Crippen molar-refractivity contribution in [3.63, 3.8) is 0 Å². The Morgan fingerprint density at radius 2 is 2.16 bits per heavy atom. The highest BCUT2D eigenvalue weighted by atomic mass is 16.4. The van der Waals surface area contributed by atoms with Crippen LogP contribution in [0, 0.1) is 0 Å². The first kappa shape index (κ1) is 13.2. The van der Waals surface area contributed by atoms with Gasteiger partial charge in [0.2, 0.25) is 5.91 Å². The Bertz CT molecular complexity index is 540. The molecule has 2 rings (SSSR count). The summed E-state index contributed by atoms with van der Waals surface area (Å²) in [4.78, 5) is 24.8. The third-order valence-corrected chi connectivity index (χ3v) is 3.42. The van der Waals surface area contributed by atoms with Gasteiger partial charge in [-0.25, -0.2) is 4.79 Å². The molecule has 4 N–H and O–H groups in total. The number of hydrogen-bond acceptors (Lipinski definition) is 4. The minimum atomic E-state index is -1.01. The predicted octanol–water partition coefficient (Wildman–Crippen LogP) is 0.682. The predicted molar refractivity (Wildman–Crippen MR) is 72.2 cm³/mol. The van der Waals surface area contributed by atoms with E-state index in [4.69, 9.17) is 10.8 Å². The van der Waals surface area contributed by atoms with Gasteiger partial charge in [-0.1, -0.05) is 0 Å². The zero-order valence-corrected chi connectivity index (χ0v) is 10.9. The molecule has 0 unspecified atom stereocenters. The van der Waals surface area contributed by atoms with Crippen LogP contribution in [-0.2, 0) is 4.79 Å². The van der Waals surface area contributed by atoms with Crippen molar-refractivity contribution in [3.8, 4) is 0 Å². The standard InChI is InChI=1S/C13H17N3O3/c1-13(2)12(19)15-5-6-16(13)10-7-8(11(17)18)3-4-9(10)14/h3-4,7H,5-6,14H2,1-2H3,(H,15,19)(H,17,18). The van der Waals surface area contributed by atoms with Crippen LogP contribution in [0.2, 0.25) is 0 Å². The summed E-state index contributed by atoms with van der Waals surface area (Å²) < 4.78 is 0. The minimum absolute atomic E-state index is 0.0983. The molecule has 0 spiro atoms. The lowest BCUT2D eigenvalue weighted by Crippen LogP contribution is -2.62. The molecule has 1 aromatic rings. The fourth-order valence-electron chi connectivity index (χ4n) is 2.23. The van der Waals surface area contributed by atoms with Gasteiger partial charge < -0.3 is 21.1 Å². The van der Waals surface area contributed by atoms with Crippen molar-refractivity contribution in [1.29, 1.82) is 0 Å². The number of anilines is 2. The van der Waals surface area contributed by atoms with E-state index in [2.05, 4.69) is 5.32 Å². The maximum absolute atomic E-state index is 11.9. The summed E-state index contributed by atoms with van der Waals surface area (Å²) in [7, 11) is 0. The SMILES string of the molecule is CC1(C)C(=O)NCCN1c1cc(C(=O)O)ccc1N. The van der Waals surface area contributed by atoms with Crippen molar-refractivity contribution in [2.75, 3.05) is 23.7 Å². The van der Waals surface area contributed by atoms with E-state index in [1.54, 1.807) is 19.9 Å². The molecule has 1 saturated heterocycles. The molecule has 1 aromatic carbocycles. The van der Waals surface area contributed by atoms with E-state index in [-0.39, 0.29) is 11.5 Å². The number of piperazine rings is 1. The second kappa shape index (κ2) is 4.46. The van der Waals surface area contributed by atoms with Crippen LogP contribution in [0.25, 0.3) is 0 Å². The smallest absolute Gasteiger partial charge is 0.335 e. The monoisotopic (exact) mass is 263 g/mol. The summed E-state index contributed by atoms with van der Waals surface area (Å²) in [6.45, 7) is 4.67. The molecule has 0 aliphatic carbocycles. The Morgan fingerprint density at radius 3 is 2.79 bits per heavy atom. The number of nitrogens with zero attached hydrogens (tertiary/aromatic N) is 1. The molecule has 1 fully saturated rings. The number of nitrogens with two attached hydrogens (primary N) is 1. The molecule has 0 bridgehead atoms. The van der Waals surface area contributed by atoms with Crippen LogP contribution in [0.1, 0.15) is 24.2 Å². The highest BCUT2D eigenvalue weighted by Crippen LogP contribution is 2.31. The van der Waals surface area contributed by atoms with Gasteiger partial charge in [0.15, 0.2) is 0 Å². The molecule has 0 radical (unpaired) electrons. The number of carboxylic acid groups (broad SMARTS) is 1. The number of carbonyl (C=O) groups excluding carboxylic acids is 1. The van der Waals surface area contributed by atoms with E-state index in [0.29, 0.717) is 24.5 Å². The van der Waals surface area contributed by atoms with Gasteiger partial charge in [0.1, 0.15) is 5.54 Å². The molecule has 0 saturated carbocycles. The van der Waals surface area contributed by atoms with Crippen molar-refractivity contribution in [1.82, 2.24) is 5.32 Å². The summed E-state index contributed by atoms with van der Waals surface area (Å²) in [5, 5.41) is 11.8. The summed E-state index contributed by atoms with van der Waals surface area (Å²) in [6, 6.07) is 4.53. The second-order valence-corrected chi connectivity index (χ2v) is 5.05. The zero-order chi connectivity index (χ0) is 14.2. The quantitative estimate of drug-likeness (QED) is 0.682. The minimum Gasteiger partial charge on any atom is -0.478 e. The fraction of sp³-hybridized carbons (Fsp3) is 0.385. The number of nitrogens with one attached hydrogen (secondary N) is 1. The lowest BCUT2D eigenvalue weighted by Gasteiger charge is -2.43. The molecule has 0 aromatic heterocycles. The fourth-order valence-corrected chi connectivity index (χ4v) is 2.23. The van der Waals surface area contributed by atoms with E-state index < -0.39 is 11.5 Å². The van der Waals surface area contributed by atoms with E-state index in [9.17, 15) is 9.59 Å². The third-order valence-electron chi connectivity index (χ3n) is 3.42. The molecular weight excluding hydrogens is 246 g/mol. The molecule has 1 amide bonds. The molecule has 0 atom stereocenters. The molecule has 102 valence electrons. The Labute approximate surface area is 111 Å². The van der Waals surface area contributed by atoms with Gasteiger partial charge in [-0.3, -0.25) is 4.79 Å². The topological polar surface area (TPSA) is 95.7 Å². The summed E-state index contributed by atoms with van der Waals surface area (Å²) in [6.07, 6.45) is 0. The van der Waals surface area contributed by atoms with Gasteiger partial charge in [-0.2, -0.15) is 0 Å². The van der Waals surface area contributed by atoms with Crippen LogP contribution in [0.5, 0.6) is 0 Å². The molecule has 6 nitrogen and oxygen atoms in total. The van der Waals surface area contributed by atoms with Crippen LogP contribution in [0.4, 0.5) is 11.4 Å². The van der Waals surface area contributed by atoms with Crippen molar-refractivity contribution in [3.05, 3.63) is 23.8 Å². The summed E-state index contributed by atoms with van der Waals surface area (Å²) in [5.74, 6) is -1.11. The van der Waals surface area contributed by atoms with Crippen molar-refractivity contribution in [2.45, 2.75) is 19.4 Å². The highest BCUT2D eigenvalue weighted by Gasteiger charge is 2.38. The molecule has 1 aliphatic rings. The number of carboxylic acids is 1. The average Bonchev–Trinajstić information content (AvgIpc) is 2.33. The van der Waals surface area contributed by atoms with E-state index in [1.165, 1.54) is 12.1 Å². The van der Waals surface area contributed by atoms with Crippen LogP contribution >= 0.6 is 0 Å². The van der Waals surface area contributed by atoms with Gasteiger partial charge in [-0.05, 0) is 32.0 Å². The van der Waals surface area contributed by atoms with Crippen molar-refractivity contribution < 1.29 is 14.7 Å². The average molecular weight is 263 g/mol. The number of benzene rings is 1. The Kier molecular flexibility index (Phi) is 3.09. The first-order chi connectivity index (χ1) is 8.84. The number of rotatable bonds is 2. The van der Waals surface area contributed by atoms with Crippen LogP contribution in [-0.4, -0.2) is 35.6 Å². The Balaban J connectivity index is 2.48. The van der Waals surface area contributed by atoms with E-state index >= 15 is 0 Å². The van der Waals surface area contributed by atoms with Gasteiger partial charge in [-0.15, -0.1) is 0 Å². The normalized spacial score (nSPS) is 18.0.